The van der Waals surface area contributed by atoms with Crippen LogP contribution in [0.15, 0.2) is 82.4 Å². The molecule has 0 aliphatic heterocycles. The van der Waals surface area contributed by atoms with Crippen LogP contribution in [0.1, 0.15) is 51.3 Å². The average Bonchev–Trinajstić information content (AvgIpc) is 2.83. The van der Waals surface area contributed by atoms with E-state index in [1.165, 1.54) is 0 Å². The smallest absolute Gasteiger partial charge is 0.344 e. The average molecular weight is 469 g/mol. The van der Waals surface area contributed by atoms with Gasteiger partial charge in [-0.25, -0.2) is 4.79 Å². The second-order valence-corrected chi connectivity index (χ2v) is 8.87. The number of nitrogens with zero attached hydrogens (tertiary/aromatic N) is 3. The molecular formula is C28H28N4O3. The maximum atomic E-state index is 13.4. The van der Waals surface area contributed by atoms with Crippen molar-refractivity contribution in [2.24, 2.45) is 0 Å². The molecule has 3 aromatic carbocycles. The van der Waals surface area contributed by atoms with Crippen LogP contribution >= 0.6 is 0 Å². The van der Waals surface area contributed by atoms with Crippen LogP contribution in [-0.4, -0.2) is 20.3 Å². The molecular weight excluding hydrogens is 440 g/mol. The number of carbonyl (C=O) groups excluding carboxylic acids is 1. The van der Waals surface area contributed by atoms with Crippen LogP contribution in [0.2, 0.25) is 0 Å². The highest BCUT2D eigenvalue weighted by molar-refractivity contribution is 5.92. The fraction of sp³-hybridized carbons (Fsp3) is 0.214. The molecule has 0 saturated heterocycles. The first-order valence-electron chi connectivity index (χ1n) is 11.5. The van der Waals surface area contributed by atoms with E-state index in [0.717, 1.165) is 37.1 Å². The summed E-state index contributed by atoms with van der Waals surface area (Å²) in [6, 6.07) is 22.2. The fourth-order valence-corrected chi connectivity index (χ4v) is 4.00. The minimum Gasteiger partial charge on any atom is -0.344 e. The number of carbonyl (C=O) groups is 1. The van der Waals surface area contributed by atoms with Gasteiger partial charge in [0.05, 0.1) is 18.3 Å². The summed E-state index contributed by atoms with van der Waals surface area (Å²) in [6.07, 6.45) is 0. The lowest BCUT2D eigenvalue weighted by Gasteiger charge is -2.16. The van der Waals surface area contributed by atoms with E-state index < -0.39 is 17.2 Å². The molecule has 1 unspecified atom stereocenters. The molecule has 35 heavy (non-hydrogen) atoms. The summed E-state index contributed by atoms with van der Waals surface area (Å²) < 4.78 is 2.20. The lowest BCUT2D eigenvalue weighted by Crippen LogP contribution is -2.46. The molecule has 0 bridgehead atoms. The topological polar surface area (TPSA) is 86.0 Å². The van der Waals surface area contributed by atoms with Gasteiger partial charge in [-0.15, -0.1) is 0 Å². The Bertz CT molecular complexity index is 1470. The highest BCUT2D eigenvalue weighted by Crippen LogP contribution is 2.13. The van der Waals surface area contributed by atoms with Gasteiger partial charge in [0.25, 0.3) is 11.5 Å². The Kier molecular flexibility index (Phi) is 6.78. The van der Waals surface area contributed by atoms with Gasteiger partial charge in [-0.2, -0.15) is 9.78 Å². The zero-order chi connectivity index (χ0) is 25.1. The molecule has 1 atom stereocenters. The van der Waals surface area contributed by atoms with Crippen molar-refractivity contribution in [3.63, 3.8) is 0 Å². The molecule has 0 fully saturated rings. The molecule has 1 N–H and O–H groups in total. The second kappa shape index (κ2) is 9.93. The van der Waals surface area contributed by atoms with Gasteiger partial charge >= 0.3 is 5.69 Å². The Hall–Kier alpha value is -4.26. The summed E-state index contributed by atoms with van der Waals surface area (Å²) in [4.78, 5) is 40.0. The molecule has 4 aromatic rings. The number of hydrogen-bond acceptors (Lipinski definition) is 4. The van der Waals surface area contributed by atoms with Gasteiger partial charge in [-0.05, 0) is 62.1 Å². The third kappa shape index (κ3) is 5.30. The highest BCUT2D eigenvalue weighted by atomic mass is 16.2. The van der Waals surface area contributed by atoms with E-state index in [1.54, 1.807) is 12.1 Å². The first-order valence-corrected chi connectivity index (χ1v) is 11.5. The van der Waals surface area contributed by atoms with E-state index in [9.17, 15) is 14.4 Å². The zero-order valence-corrected chi connectivity index (χ0v) is 20.3. The molecule has 0 aliphatic carbocycles. The van der Waals surface area contributed by atoms with Crippen molar-refractivity contribution in [3.8, 4) is 5.69 Å². The van der Waals surface area contributed by atoms with Crippen molar-refractivity contribution >= 4 is 5.91 Å². The standard InChI is InChI=1S/C28H28N4O3/c1-18-10-12-22(13-11-18)17-31-27(34)25(26(33)29-21(4)23-8-6-5-7-9-23)30-32(28(31)35)24-15-19(2)14-20(3)16-24/h5-16,21H,17H2,1-4H3,(H,29,33). The Labute approximate surface area is 203 Å². The Morgan fingerprint density at radius 3 is 2.14 bits per heavy atom. The minimum atomic E-state index is -0.728. The van der Waals surface area contributed by atoms with Gasteiger partial charge in [0, 0.05) is 0 Å². The van der Waals surface area contributed by atoms with E-state index in [4.69, 9.17) is 0 Å². The molecule has 1 amide bonds. The molecule has 0 radical (unpaired) electrons. The van der Waals surface area contributed by atoms with E-state index in [2.05, 4.69) is 10.4 Å². The first kappa shape index (κ1) is 23.9. The Morgan fingerprint density at radius 2 is 1.51 bits per heavy atom. The third-order valence-corrected chi connectivity index (χ3v) is 5.83. The number of hydrogen-bond donors (Lipinski definition) is 1. The van der Waals surface area contributed by atoms with Crippen molar-refractivity contribution in [1.82, 2.24) is 19.7 Å². The molecule has 0 aliphatic rings. The summed E-state index contributed by atoms with van der Waals surface area (Å²) in [5.74, 6) is -0.637. The van der Waals surface area contributed by atoms with E-state index in [1.807, 2.05) is 88.4 Å². The predicted octanol–water partition coefficient (Wildman–Crippen LogP) is 3.86. The van der Waals surface area contributed by atoms with Crippen LogP contribution in [0, 0.1) is 20.8 Å². The lowest BCUT2D eigenvalue weighted by molar-refractivity contribution is 0.0930. The van der Waals surface area contributed by atoms with Crippen LogP contribution < -0.4 is 16.6 Å². The first-order chi connectivity index (χ1) is 16.7. The quantitative estimate of drug-likeness (QED) is 0.466. The third-order valence-electron chi connectivity index (χ3n) is 5.83. The van der Waals surface area contributed by atoms with Gasteiger partial charge in [-0.1, -0.05) is 66.2 Å². The molecule has 7 nitrogen and oxygen atoms in total. The number of aryl methyl sites for hydroxylation is 3. The largest absolute Gasteiger partial charge is 0.352 e. The number of aromatic nitrogens is 3. The summed E-state index contributed by atoms with van der Waals surface area (Å²) in [6.45, 7) is 7.65. The van der Waals surface area contributed by atoms with Crippen LogP contribution in [0.25, 0.3) is 5.69 Å². The summed E-state index contributed by atoms with van der Waals surface area (Å²) in [7, 11) is 0. The maximum absolute atomic E-state index is 13.4. The Balaban J connectivity index is 1.83. The van der Waals surface area contributed by atoms with E-state index in [0.29, 0.717) is 5.69 Å². The van der Waals surface area contributed by atoms with Crippen molar-refractivity contribution in [1.29, 1.82) is 0 Å². The Morgan fingerprint density at radius 1 is 0.886 bits per heavy atom. The molecule has 7 heteroatoms. The number of benzene rings is 3. The molecule has 178 valence electrons. The maximum Gasteiger partial charge on any atom is 0.352 e. The number of nitrogens with one attached hydrogen (secondary N) is 1. The van der Waals surface area contributed by atoms with Crippen molar-refractivity contribution in [3.05, 3.63) is 127 Å². The summed E-state index contributed by atoms with van der Waals surface area (Å²) in [5, 5.41) is 7.09. The molecule has 1 aromatic heterocycles. The molecule has 0 saturated carbocycles. The number of amides is 1. The fourth-order valence-electron chi connectivity index (χ4n) is 4.00. The van der Waals surface area contributed by atoms with E-state index in [-0.39, 0.29) is 18.3 Å². The lowest BCUT2D eigenvalue weighted by atomic mass is 10.1. The zero-order valence-electron chi connectivity index (χ0n) is 20.3. The monoisotopic (exact) mass is 468 g/mol. The van der Waals surface area contributed by atoms with Crippen LogP contribution in [0.5, 0.6) is 0 Å². The van der Waals surface area contributed by atoms with Crippen molar-refractivity contribution in [2.75, 3.05) is 0 Å². The normalized spacial score (nSPS) is 11.8. The van der Waals surface area contributed by atoms with Gasteiger partial charge in [0.2, 0.25) is 5.69 Å². The second-order valence-electron chi connectivity index (χ2n) is 8.87. The molecule has 4 rings (SSSR count). The SMILES string of the molecule is Cc1ccc(Cn2c(=O)c(C(=O)NC(C)c3ccccc3)nn(-c3cc(C)cc(C)c3)c2=O)cc1. The van der Waals surface area contributed by atoms with Gasteiger partial charge in [-0.3, -0.25) is 14.2 Å². The van der Waals surface area contributed by atoms with Gasteiger partial charge < -0.3 is 5.32 Å². The van der Waals surface area contributed by atoms with E-state index >= 15 is 0 Å². The summed E-state index contributed by atoms with van der Waals surface area (Å²) in [5.41, 5.74) is 3.44. The summed E-state index contributed by atoms with van der Waals surface area (Å²) >= 11 is 0. The number of rotatable bonds is 6. The van der Waals surface area contributed by atoms with Gasteiger partial charge in [0.1, 0.15) is 0 Å². The van der Waals surface area contributed by atoms with Crippen molar-refractivity contribution in [2.45, 2.75) is 40.3 Å². The molecule has 0 spiro atoms. The van der Waals surface area contributed by atoms with Crippen LogP contribution in [0.3, 0.4) is 0 Å². The van der Waals surface area contributed by atoms with Crippen LogP contribution in [0.4, 0.5) is 0 Å². The molecule has 1 heterocycles. The highest BCUT2D eigenvalue weighted by Gasteiger charge is 2.22. The minimum absolute atomic E-state index is 0.0276. The van der Waals surface area contributed by atoms with Gasteiger partial charge in [0.15, 0.2) is 0 Å². The van der Waals surface area contributed by atoms with Crippen LogP contribution in [-0.2, 0) is 6.54 Å². The predicted molar refractivity (Wildman–Crippen MR) is 136 cm³/mol. The van der Waals surface area contributed by atoms with Crippen molar-refractivity contribution < 1.29 is 4.79 Å².